The number of aliphatic carboxylic acids is 1. The summed E-state index contributed by atoms with van der Waals surface area (Å²) in [6, 6.07) is 12.4. The van der Waals surface area contributed by atoms with Gasteiger partial charge in [-0.1, -0.05) is 12.1 Å². The van der Waals surface area contributed by atoms with Crippen molar-refractivity contribution in [2.75, 3.05) is 18.5 Å². The van der Waals surface area contributed by atoms with E-state index in [-0.39, 0.29) is 12.5 Å². The monoisotopic (exact) mass is 329 g/mol. The standard InChI is InChI=1S/C18H19NO5/c1-12-4-3-5-14(8-12)23-10-17(20)19-16-7-6-15(9-13(16)2)24-11-18(21)22/h3-9H,10-11H2,1-2H3,(H,19,20)(H,21,22). The molecule has 2 aromatic rings. The lowest BCUT2D eigenvalue weighted by Crippen LogP contribution is -2.20. The summed E-state index contributed by atoms with van der Waals surface area (Å²) in [4.78, 5) is 22.5. The number of ether oxygens (including phenoxy) is 2. The summed E-state index contributed by atoms with van der Waals surface area (Å²) in [6.45, 7) is 3.24. The van der Waals surface area contributed by atoms with Gasteiger partial charge in [-0.05, 0) is 55.3 Å². The zero-order chi connectivity index (χ0) is 17.5. The van der Waals surface area contributed by atoms with Crippen molar-refractivity contribution < 1.29 is 24.2 Å². The van der Waals surface area contributed by atoms with Gasteiger partial charge in [0.25, 0.3) is 5.91 Å². The van der Waals surface area contributed by atoms with Crippen molar-refractivity contribution in [1.82, 2.24) is 0 Å². The Balaban J connectivity index is 1.90. The van der Waals surface area contributed by atoms with Gasteiger partial charge in [0.1, 0.15) is 11.5 Å². The second-order valence-electron chi connectivity index (χ2n) is 5.31. The van der Waals surface area contributed by atoms with Crippen LogP contribution in [0.4, 0.5) is 5.69 Å². The summed E-state index contributed by atoms with van der Waals surface area (Å²) in [6.07, 6.45) is 0. The number of carboxylic acid groups (broad SMARTS) is 1. The van der Waals surface area contributed by atoms with Crippen LogP contribution < -0.4 is 14.8 Å². The smallest absolute Gasteiger partial charge is 0.341 e. The number of hydrogen-bond donors (Lipinski definition) is 2. The first-order valence-electron chi connectivity index (χ1n) is 7.38. The molecule has 0 radical (unpaired) electrons. The van der Waals surface area contributed by atoms with Crippen molar-refractivity contribution >= 4 is 17.6 Å². The number of aryl methyl sites for hydroxylation is 2. The first kappa shape index (κ1) is 17.3. The molecule has 0 saturated heterocycles. The number of nitrogens with one attached hydrogen (secondary N) is 1. The third kappa shape index (κ3) is 5.31. The van der Waals surface area contributed by atoms with E-state index in [4.69, 9.17) is 14.6 Å². The molecular formula is C18H19NO5. The Kier molecular flexibility index (Phi) is 5.78. The molecule has 0 saturated carbocycles. The molecule has 2 aromatic carbocycles. The maximum absolute atomic E-state index is 12.0. The molecule has 2 N–H and O–H groups in total. The van der Waals surface area contributed by atoms with Crippen molar-refractivity contribution in [1.29, 1.82) is 0 Å². The lowest BCUT2D eigenvalue weighted by Gasteiger charge is -2.11. The van der Waals surface area contributed by atoms with Gasteiger partial charge in [0.2, 0.25) is 0 Å². The molecule has 0 atom stereocenters. The molecule has 0 unspecified atom stereocenters. The van der Waals surface area contributed by atoms with Crippen LogP contribution in [0.1, 0.15) is 11.1 Å². The van der Waals surface area contributed by atoms with Gasteiger partial charge >= 0.3 is 5.97 Å². The predicted molar refractivity (Wildman–Crippen MR) is 89.6 cm³/mol. The van der Waals surface area contributed by atoms with Crippen LogP contribution in [-0.4, -0.2) is 30.2 Å². The fraction of sp³-hybridized carbons (Fsp3) is 0.222. The van der Waals surface area contributed by atoms with Gasteiger partial charge in [0.15, 0.2) is 13.2 Å². The van der Waals surface area contributed by atoms with Gasteiger partial charge in [-0.15, -0.1) is 0 Å². The Morgan fingerprint density at radius 1 is 1.00 bits per heavy atom. The highest BCUT2D eigenvalue weighted by Crippen LogP contribution is 2.21. The fourth-order valence-electron chi connectivity index (χ4n) is 2.05. The third-order valence-electron chi connectivity index (χ3n) is 3.19. The number of rotatable bonds is 7. The van der Waals surface area contributed by atoms with Crippen molar-refractivity contribution in [3.05, 3.63) is 53.6 Å². The molecular weight excluding hydrogens is 310 g/mol. The second kappa shape index (κ2) is 8.01. The molecule has 6 nitrogen and oxygen atoms in total. The van der Waals surface area contributed by atoms with Gasteiger partial charge < -0.3 is 19.9 Å². The molecule has 0 spiro atoms. The zero-order valence-electron chi connectivity index (χ0n) is 13.5. The number of hydrogen-bond acceptors (Lipinski definition) is 4. The highest BCUT2D eigenvalue weighted by molar-refractivity contribution is 5.92. The highest BCUT2D eigenvalue weighted by Gasteiger charge is 2.08. The lowest BCUT2D eigenvalue weighted by atomic mass is 10.2. The van der Waals surface area contributed by atoms with Gasteiger partial charge in [0, 0.05) is 5.69 Å². The summed E-state index contributed by atoms with van der Waals surface area (Å²) in [5.41, 5.74) is 2.44. The number of carbonyl (C=O) groups is 2. The van der Waals surface area contributed by atoms with Gasteiger partial charge in [-0.2, -0.15) is 0 Å². The van der Waals surface area contributed by atoms with Crippen molar-refractivity contribution in [3.8, 4) is 11.5 Å². The lowest BCUT2D eigenvalue weighted by molar-refractivity contribution is -0.139. The van der Waals surface area contributed by atoms with E-state index in [1.54, 1.807) is 31.2 Å². The van der Waals surface area contributed by atoms with Crippen molar-refractivity contribution in [2.45, 2.75) is 13.8 Å². The summed E-state index contributed by atoms with van der Waals surface area (Å²) < 4.78 is 10.5. The predicted octanol–water partition coefficient (Wildman–Crippen LogP) is 2.78. The molecule has 0 fully saturated rings. The highest BCUT2D eigenvalue weighted by atomic mass is 16.5. The van der Waals surface area contributed by atoms with E-state index in [9.17, 15) is 9.59 Å². The number of amides is 1. The Bertz CT molecular complexity index is 742. The molecule has 0 bridgehead atoms. The molecule has 0 aliphatic carbocycles. The zero-order valence-corrected chi connectivity index (χ0v) is 13.5. The Morgan fingerprint density at radius 2 is 1.71 bits per heavy atom. The summed E-state index contributed by atoms with van der Waals surface area (Å²) in [5.74, 6) is -0.250. The van der Waals surface area contributed by atoms with E-state index < -0.39 is 12.6 Å². The quantitative estimate of drug-likeness (QED) is 0.816. The first-order valence-corrected chi connectivity index (χ1v) is 7.38. The molecule has 126 valence electrons. The molecule has 6 heteroatoms. The van der Waals surface area contributed by atoms with Crippen LogP contribution in [0.15, 0.2) is 42.5 Å². The summed E-state index contributed by atoms with van der Waals surface area (Å²) in [7, 11) is 0. The summed E-state index contributed by atoms with van der Waals surface area (Å²) in [5, 5.41) is 11.3. The minimum atomic E-state index is -1.04. The third-order valence-corrected chi connectivity index (χ3v) is 3.19. The first-order chi connectivity index (χ1) is 11.4. The normalized spacial score (nSPS) is 10.1. The van der Waals surface area contributed by atoms with Crippen molar-refractivity contribution in [2.24, 2.45) is 0 Å². The average molecular weight is 329 g/mol. The van der Waals surface area contributed by atoms with E-state index >= 15 is 0 Å². The van der Waals surface area contributed by atoms with Gasteiger partial charge in [-0.25, -0.2) is 4.79 Å². The molecule has 0 aliphatic heterocycles. The van der Waals surface area contributed by atoms with Crippen LogP contribution in [0.2, 0.25) is 0 Å². The van der Waals surface area contributed by atoms with E-state index in [2.05, 4.69) is 5.32 Å². The van der Waals surface area contributed by atoms with Crippen LogP contribution in [0, 0.1) is 13.8 Å². The molecule has 0 aliphatic rings. The number of carboxylic acids is 1. The number of anilines is 1. The van der Waals surface area contributed by atoms with E-state index in [1.807, 2.05) is 25.1 Å². The Morgan fingerprint density at radius 3 is 2.38 bits per heavy atom. The SMILES string of the molecule is Cc1cccc(OCC(=O)Nc2ccc(OCC(=O)O)cc2C)c1. The second-order valence-corrected chi connectivity index (χ2v) is 5.31. The molecule has 0 aromatic heterocycles. The van der Waals surface area contributed by atoms with Crippen LogP contribution in [-0.2, 0) is 9.59 Å². The maximum Gasteiger partial charge on any atom is 0.341 e. The fourth-order valence-corrected chi connectivity index (χ4v) is 2.05. The van der Waals surface area contributed by atoms with E-state index in [0.29, 0.717) is 17.2 Å². The summed E-state index contributed by atoms with van der Waals surface area (Å²) >= 11 is 0. The van der Waals surface area contributed by atoms with Gasteiger partial charge in [-0.3, -0.25) is 4.79 Å². The number of benzene rings is 2. The van der Waals surface area contributed by atoms with Crippen molar-refractivity contribution in [3.63, 3.8) is 0 Å². The number of carbonyl (C=O) groups excluding carboxylic acids is 1. The van der Waals surface area contributed by atoms with Crippen LogP contribution >= 0.6 is 0 Å². The van der Waals surface area contributed by atoms with E-state index in [1.165, 1.54) is 0 Å². The molecule has 2 rings (SSSR count). The van der Waals surface area contributed by atoms with Crippen LogP contribution in [0.3, 0.4) is 0 Å². The van der Waals surface area contributed by atoms with Gasteiger partial charge in [0.05, 0.1) is 0 Å². The molecule has 1 amide bonds. The Labute approximate surface area is 140 Å². The Hall–Kier alpha value is -3.02. The van der Waals surface area contributed by atoms with Crippen LogP contribution in [0.5, 0.6) is 11.5 Å². The largest absolute Gasteiger partial charge is 0.484 e. The minimum absolute atomic E-state index is 0.0971. The molecule has 0 heterocycles. The maximum atomic E-state index is 12.0. The molecule has 24 heavy (non-hydrogen) atoms. The minimum Gasteiger partial charge on any atom is -0.484 e. The van der Waals surface area contributed by atoms with E-state index in [0.717, 1.165) is 11.1 Å². The topological polar surface area (TPSA) is 84.9 Å². The average Bonchev–Trinajstić information content (AvgIpc) is 2.53. The van der Waals surface area contributed by atoms with Crippen LogP contribution in [0.25, 0.3) is 0 Å².